The number of fused-ring (bicyclic) bond motifs is 1. The standard InChI is InChI=1S/C28H29ClF3N5OS/c29-27-33-12-21-22(26-34-20(15-39-26)9-17-5-2-1-3-6-17)14-37(25(21)35-27)23-10-19(11-24(23)38)18-7-4-8-36(13-18)16-28(30,31)32/h1-3,5-6,12,14-15,18-19,23-24,38H,4,7-11,13,16H2/t18?,19-,23+,24+/m0/s1. The first kappa shape index (κ1) is 26.7. The Hall–Kier alpha value is -2.53. The zero-order valence-corrected chi connectivity index (χ0v) is 22.8. The number of benzene rings is 1. The van der Waals surface area contributed by atoms with Crippen molar-refractivity contribution in [2.75, 3.05) is 19.6 Å². The third-order valence-electron chi connectivity index (χ3n) is 8.05. The van der Waals surface area contributed by atoms with Crippen molar-refractivity contribution in [1.82, 2.24) is 24.4 Å². The summed E-state index contributed by atoms with van der Waals surface area (Å²) in [5.74, 6) is 0.261. The lowest BCUT2D eigenvalue weighted by atomic mass is 9.84. The number of aliphatic hydroxyl groups excluding tert-OH is 1. The molecule has 206 valence electrons. The fourth-order valence-corrected chi connectivity index (χ4v) is 7.31. The summed E-state index contributed by atoms with van der Waals surface area (Å²) in [7, 11) is 0. The number of thiazole rings is 1. The Kier molecular flexibility index (Phi) is 7.39. The fraction of sp³-hybridized carbons (Fsp3) is 0.464. The van der Waals surface area contributed by atoms with Crippen LogP contribution in [0.5, 0.6) is 0 Å². The second-order valence-corrected chi connectivity index (χ2v) is 11.9. The summed E-state index contributed by atoms with van der Waals surface area (Å²) in [5, 5.41) is 15.0. The Morgan fingerprint density at radius 2 is 1.92 bits per heavy atom. The van der Waals surface area contributed by atoms with Gasteiger partial charge in [-0.15, -0.1) is 11.3 Å². The van der Waals surface area contributed by atoms with E-state index >= 15 is 0 Å². The number of hydrogen-bond donors (Lipinski definition) is 1. The number of aromatic nitrogens is 4. The van der Waals surface area contributed by atoms with Crippen molar-refractivity contribution in [3.05, 3.63) is 64.6 Å². The molecule has 11 heteroatoms. The van der Waals surface area contributed by atoms with Crippen LogP contribution in [0.15, 0.2) is 48.1 Å². The van der Waals surface area contributed by atoms with Crippen LogP contribution >= 0.6 is 22.9 Å². The number of nitrogens with zero attached hydrogens (tertiary/aromatic N) is 5. The molecule has 1 aliphatic carbocycles. The van der Waals surface area contributed by atoms with Gasteiger partial charge in [-0.2, -0.15) is 18.2 Å². The van der Waals surface area contributed by atoms with Gasteiger partial charge in [0.25, 0.3) is 0 Å². The summed E-state index contributed by atoms with van der Waals surface area (Å²) < 4.78 is 41.0. The average molecular weight is 576 g/mol. The fourth-order valence-electron chi connectivity index (χ4n) is 6.34. The van der Waals surface area contributed by atoms with Crippen molar-refractivity contribution < 1.29 is 18.3 Å². The summed E-state index contributed by atoms with van der Waals surface area (Å²) in [4.78, 5) is 15.1. The van der Waals surface area contributed by atoms with Gasteiger partial charge >= 0.3 is 6.18 Å². The Morgan fingerprint density at radius 1 is 1.10 bits per heavy atom. The highest BCUT2D eigenvalue weighted by molar-refractivity contribution is 7.13. The topological polar surface area (TPSA) is 67.1 Å². The van der Waals surface area contributed by atoms with Crippen LogP contribution in [-0.2, 0) is 6.42 Å². The molecule has 1 aromatic carbocycles. The third-order valence-corrected chi connectivity index (χ3v) is 9.16. The third kappa shape index (κ3) is 5.84. The van der Waals surface area contributed by atoms with Crippen LogP contribution in [0.3, 0.4) is 0 Å². The Balaban J connectivity index is 1.26. The molecule has 2 aliphatic rings. The van der Waals surface area contributed by atoms with E-state index in [-0.39, 0.29) is 23.2 Å². The van der Waals surface area contributed by atoms with Gasteiger partial charge in [0, 0.05) is 41.7 Å². The molecule has 1 saturated heterocycles. The molecule has 4 aromatic rings. The molecule has 0 amide bonds. The number of likely N-dealkylation sites (tertiary alicyclic amines) is 1. The normalized spacial score (nSPS) is 24.5. The molecule has 3 aromatic heterocycles. The summed E-state index contributed by atoms with van der Waals surface area (Å²) >= 11 is 7.75. The molecule has 4 atom stereocenters. The van der Waals surface area contributed by atoms with E-state index < -0.39 is 18.8 Å². The van der Waals surface area contributed by atoms with Crippen LogP contribution < -0.4 is 0 Å². The van der Waals surface area contributed by atoms with E-state index in [4.69, 9.17) is 16.6 Å². The lowest BCUT2D eigenvalue weighted by Gasteiger charge is -2.36. The molecular weight excluding hydrogens is 547 g/mol. The second kappa shape index (κ2) is 10.8. The minimum atomic E-state index is -4.20. The molecule has 1 saturated carbocycles. The lowest BCUT2D eigenvalue weighted by molar-refractivity contribution is -0.150. The molecule has 39 heavy (non-hydrogen) atoms. The van der Waals surface area contributed by atoms with Gasteiger partial charge in [0.15, 0.2) is 0 Å². The van der Waals surface area contributed by atoms with Crippen molar-refractivity contribution >= 4 is 34.0 Å². The highest BCUT2D eigenvalue weighted by atomic mass is 35.5. The van der Waals surface area contributed by atoms with Crippen LogP contribution in [0.1, 0.15) is 43.0 Å². The Labute approximate surface area is 233 Å². The smallest absolute Gasteiger partial charge is 0.391 e. The van der Waals surface area contributed by atoms with E-state index in [1.165, 1.54) is 10.5 Å². The number of alkyl halides is 3. The van der Waals surface area contributed by atoms with Gasteiger partial charge in [-0.05, 0) is 61.2 Å². The van der Waals surface area contributed by atoms with Crippen LogP contribution in [0.4, 0.5) is 13.2 Å². The first-order valence-electron chi connectivity index (χ1n) is 13.2. The van der Waals surface area contributed by atoms with E-state index in [2.05, 4.69) is 27.5 Å². The van der Waals surface area contributed by atoms with E-state index in [1.807, 2.05) is 29.0 Å². The lowest BCUT2D eigenvalue weighted by Crippen LogP contribution is -2.43. The number of aliphatic hydroxyl groups is 1. The first-order chi connectivity index (χ1) is 18.7. The van der Waals surface area contributed by atoms with Gasteiger partial charge in [-0.1, -0.05) is 30.3 Å². The molecular formula is C28H29ClF3N5OS. The molecule has 0 bridgehead atoms. The molecule has 1 aliphatic heterocycles. The van der Waals surface area contributed by atoms with Gasteiger partial charge < -0.3 is 9.67 Å². The maximum absolute atomic E-state index is 13.0. The van der Waals surface area contributed by atoms with Crippen molar-refractivity contribution in [2.24, 2.45) is 11.8 Å². The summed E-state index contributed by atoms with van der Waals surface area (Å²) in [6.45, 7) is 0.0116. The zero-order chi connectivity index (χ0) is 27.1. The second-order valence-electron chi connectivity index (χ2n) is 10.8. The molecule has 6 nitrogen and oxygen atoms in total. The van der Waals surface area contributed by atoms with Gasteiger partial charge in [-0.3, -0.25) is 4.90 Å². The SMILES string of the molecule is O[C@@H]1C[C@@H](C2CCCN(CC(F)(F)F)C2)C[C@H]1n1cc(-c2nc(Cc3ccccc3)cs2)c2cnc(Cl)nc21. The maximum atomic E-state index is 13.0. The monoisotopic (exact) mass is 575 g/mol. The highest BCUT2D eigenvalue weighted by Crippen LogP contribution is 2.44. The molecule has 1 N–H and O–H groups in total. The van der Waals surface area contributed by atoms with Gasteiger partial charge in [0.2, 0.25) is 5.28 Å². The van der Waals surface area contributed by atoms with Crippen LogP contribution in [0.2, 0.25) is 5.28 Å². The number of rotatable bonds is 6. The average Bonchev–Trinajstić information content (AvgIpc) is 3.60. The molecule has 1 unspecified atom stereocenters. The van der Waals surface area contributed by atoms with E-state index in [1.54, 1.807) is 17.5 Å². The Morgan fingerprint density at radius 3 is 2.72 bits per heavy atom. The van der Waals surface area contributed by atoms with Crippen molar-refractivity contribution in [3.8, 4) is 10.6 Å². The zero-order valence-electron chi connectivity index (χ0n) is 21.2. The molecule has 0 spiro atoms. The largest absolute Gasteiger partial charge is 0.401 e. The van der Waals surface area contributed by atoms with E-state index in [0.29, 0.717) is 31.6 Å². The number of piperidine rings is 1. The van der Waals surface area contributed by atoms with Crippen molar-refractivity contribution in [1.29, 1.82) is 0 Å². The highest BCUT2D eigenvalue weighted by Gasteiger charge is 2.41. The van der Waals surface area contributed by atoms with E-state index in [0.717, 1.165) is 40.9 Å². The predicted molar refractivity (Wildman–Crippen MR) is 146 cm³/mol. The van der Waals surface area contributed by atoms with Gasteiger partial charge in [0.05, 0.1) is 24.4 Å². The van der Waals surface area contributed by atoms with Crippen molar-refractivity contribution in [3.63, 3.8) is 0 Å². The minimum absolute atomic E-state index is 0.122. The Bertz CT molecular complexity index is 1440. The summed E-state index contributed by atoms with van der Waals surface area (Å²) in [6, 6.07) is 9.92. The predicted octanol–water partition coefficient (Wildman–Crippen LogP) is 6.39. The van der Waals surface area contributed by atoms with Crippen LogP contribution in [-0.4, -0.2) is 61.4 Å². The first-order valence-corrected chi connectivity index (χ1v) is 14.5. The number of hydrogen-bond acceptors (Lipinski definition) is 6. The van der Waals surface area contributed by atoms with Crippen LogP contribution in [0.25, 0.3) is 21.6 Å². The summed E-state index contributed by atoms with van der Waals surface area (Å²) in [6.07, 6.45) is 2.44. The summed E-state index contributed by atoms with van der Waals surface area (Å²) in [5.41, 5.74) is 3.68. The molecule has 2 fully saturated rings. The molecule has 0 radical (unpaired) electrons. The minimum Gasteiger partial charge on any atom is -0.391 e. The van der Waals surface area contributed by atoms with Crippen LogP contribution in [0, 0.1) is 11.8 Å². The number of halogens is 4. The van der Waals surface area contributed by atoms with Gasteiger partial charge in [-0.25, -0.2) is 9.97 Å². The quantitative estimate of drug-likeness (QED) is 0.270. The van der Waals surface area contributed by atoms with E-state index in [9.17, 15) is 18.3 Å². The van der Waals surface area contributed by atoms with Crippen molar-refractivity contribution in [2.45, 2.75) is 50.4 Å². The molecule has 4 heterocycles. The van der Waals surface area contributed by atoms with Gasteiger partial charge in [0.1, 0.15) is 10.7 Å². The molecule has 6 rings (SSSR count). The maximum Gasteiger partial charge on any atom is 0.401 e.